The van der Waals surface area contributed by atoms with E-state index in [-0.39, 0.29) is 12.0 Å². The first kappa shape index (κ1) is 15.6. The molecule has 0 aromatic carbocycles. The van der Waals surface area contributed by atoms with Crippen molar-refractivity contribution in [1.82, 2.24) is 0 Å². The smallest absolute Gasteiger partial charge is 0.377 e. The van der Waals surface area contributed by atoms with E-state index in [0.717, 1.165) is 25.7 Å². The van der Waals surface area contributed by atoms with Crippen molar-refractivity contribution in [2.45, 2.75) is 64.4 Å². The number of esters is 1. The highest BCUT2D eigenvalue weighted by Gasteiger charge is 2.51. The SMILES string of the molecule is CC(C)(C)C1CCC2(CC1)OCC(C1OC(=O)C(O)=C1O)O2. The minimum Gasteiger partial charge on any atom is -0.505 e. The zero-order valence-corrected chi connectivity index (χ0v) is 13.3. The van der Waals surface area contributed by atoms with Crippen molar-refractivity contribution in [2.24, 2.45) is 11.3 Å². The molecule has 2 aliphatic heterocycles. The van der Waals surface area contributed by atoms with Gasteiger partial charge >= 0.3 is 5.97 Å². The predicted octanol–water partition coefficient (Wildman–Crippen LogP) is 2.59. The lowest BCUT2D eigenvalue weighted by molar-refractivity contribution is -0.205. The van der Waals surface area contributed by atoms with E-state index < -0.39 is 35.5 Å². The summed E-state index contributed by atoms with van der Waals surface area (Å²) in [6.45, 7) is 6.99. The first-order valence-electron chi connectivity index (χ1n) is 7.87. The van der Waals surface area contributed by atoms with E-state index in [9.17, 15) is 15.0 Å². The summed E-state index contributed by atoms with van der Waals surface area (Å²) >= 11 is 0. The van der Waals surface area contributed by atoms with Crippen molar-refractivity contribution in [3.8, 4) is 0 Å². The van der Waals surface area contributed by atoms with Crippen LogP contribution in [-0.4, -0.2) is 40.8 Å². The first-order valence-corrected chi connectivity index (χ1v) is 7.87. The van der Waals surface area contributed by atoms with Gasteiger partial charge in [-0.3, -0.25) is 0 Å². The molecule has 2 atom stereocenters. The molecule has 2 fully saturated rings. The second-order valence-electron chi connectivity index (χ2n) is 7.58. The van der Waals surface area contributed by atoms with Crippen LogP contribution in [0.15, 0.2) is 11.5 Å². The number of cyclic esters (lactones) is 1. The summed E-state index contributed by atoms with van der Waals surface area (Å²) in [5.41, 5.74) is 0.271. The lowest BCUT2D eigenvalue weighted by Gasteiger charge is -2.41. The van der Waals surface area contributed by atoms with Gasteiger partial charge in [-0.2, -0.15) is 0 Å². The molecule has 0 aromatic rings. The summed E-state index contributed by atoms with van der Waals surface area (Å²) in [5, 5.41) is 19.2. The van der Waals surface area contributed by atoms with Gasteiger partial charge in [-0.25, -0.2) is 4.79 Å². The predicted molar refractivity (Wildman–Crippen MR) is 77.1 cm³/mol. The molecule has 3 aliphatic rings. The van der Waals surface area contributed by atoms with Gasteiger partial charge in [-0.1, -0.05) is 20.8 Å². The fourth-order valence-corrected chi connectivity index (χ4v) is 3.63. The quantitative estimate of drug-likeness (QED) is 0.724. The molecule has 0 radical (unpaired) electrons. The van der Waals surface area contributed by atoms with Gasteiger partial charge in [0.05, 0.1) is 6.61 Å². The number of ether oxygens (including phenoxy) is 3. The van der Waals surface area contributed by atoms with E-state index in [0.29, 0.717) is 5.92 Å². The molecule has 2 N–H and O–H groups in total. The maximum Gasteiger partial charge on any atom is 0.377 e. The van der Waals surface area contributed by atoms with Gasteiger partial charge < -0.3 is 24.4 Å². The van der Waals surface area contributed by atoms with Crippen LogP contribution in [0.25, 0.3) is 0 Å². The van der Waals surface area contributed by atoms with E-state index in [1.54, 1.807) is 0 Å². The molecule has 2 heterocycles. The van der Waals surface area contributed by atoms with Crippen LogP contribution in [0.4, 0.5) is 0 Å². The van der Waals surface area contributed by atoms with E-state index in [1.807, 2.05) is 0 Å². The highest BCUT2D eigenvalue weighted by molar-refractivity contribution is 5.89. The van der Waals surface area contributed by atoms with Crippen molar-refractivity contribution >= 4 is 5.97 Å². The number of hydrogen-bond acceptors (Lipinski definition) is 6. The van der Waals surface area contributed by atoms with Crippen LogP contribution < -0.4 is 0 Å². The summed E-state index contributed by atoms with van der Waals surface area (Å²) in [7, 11) is 0. The Morgan fingerprint density at radius 2 is 1.82 bits per heavy atom. The number of carbonyl (C=O) groups is 1. The molecule has 1 spiro atoms. The summed E-state index contributed by atoms with van der Waals surface area (Å²) in [6, 6.07) is 0. The Kier molecular flexibility index (Phi) is 3.64. The van der Waals surface area contributed by atoms with Gasteiger partial charge in [0.1, 0.15) is 6.10 Å². The second kappa shape index (κ2) is 5.13. The van der Waals surface area contributed by atoms with E-state index >= 15 is 0 Å². The molecule has 0 bridgehead atoms. The van der Waals surface area contributed by atoms with Crippen LogP contribution in [0.5, 0.6) is 0 Å². The minimum atomic E-state index is -0.966. The van der Waals surface area contributed by atoms with Gasteiger partial charge in [0, 0.05) is 12.8 Å². The van der Waals surface area contributed by atoms with Crippen LogP contribution in [0, 0.1) is 11.3 Å². The number of carbonyl (C=O) groups excluding carboxylic acids is 1. The largest absolute Gasteiger partial charge is 0.505 e. The molecule has 1 aliphatic carbocycles. The minimum absolute atomic E-state index is 0.246. The van der Waals surface area contributed by atoms with Crippen LogP contribution >= 0.6 is 0 Å². The maximum absolute atomic E-state index is 11.3. The van der Waals surface area contributed by atoms with Crippen molar-refractivity contribution in [3.05, 3.63) is 11.5 Å². The monoisotopic (exact) mass is 312 g/mol. The summed E-state index contributed by atoms with van der Waals surface area (Å²) in [6.07, 6.45) is 2.10. The summed E-state index contributed by atoms with van der Waals surface area (Å²) < 4.78 is 16.8. The van der Waals surface area contributed by atoms with E-state index in [2.05, 4.69) is 20.8 Å². The van der Waals surface area contributed by atoms with Gasteiger partial charge in [0.2, 0.25) is 5.76 Å². The molecule has 3 rings (SSSR count). The first-order chi connectivity index (χ1) is 10.2. The molecular formula is C16H24O6. The fraction of sp³-hybridized carbons (Fsp3) is 0.812. The van der Waals surface area contributed by atoms with Crippen molar-refractivity contribution in [2.75, 3.05) is 6.61 Å². The molecule has 22 heavy (non-hydrogen) atoms. The molecular weight excluding hydrogens is 288 g/mol. The number of aliphatic hydroxyl groups is 2. The third kappa shape index (κ3) is 2.58. The van der Waals surface area contributed by atoms with Gasteiger partial charge in [0.15, 0.2) is 17.7 Å². The molecule has 0 amide bonds. The highest BCUT2D eigenvalue weighted by atomic mass is 16.8. The zero-order chi connectivity index (χ0) is 16.1. The lowest BCUT2D eigenvalue weighted by atomic mass is 9.71. The Hall–Kier alpha value is -1.27. The topological polar surface area (TPSA) is 85.2 Å². The van der Waals surface area contributed by atoms with Crippen molar-refractivity contribution < 1.29 is 29.2 Å². The van der Waals surface area contributed by atoms with Gasteiger partial charge in [-0.15, -0.1) is 0 Å². The average molecular weight is 312 g/mol. The van der Waals surface area contributed by atoms with Gasteiger partial charge in [0.25, 0.3) is 0 Å². The highest BCUT2D eigenvalue weighted by Crippen LogP contribution is 2.46. The Morgan fingerprint density at radius 1 is 1.18 bits per heavy atom. The summed E-state index contributed by atoms with van der Waals surface area (Å²) in [4.78, 5) is 11.3. The molecule has 1 saturated carbocycles. The number of rotatable bonds is 1. The van der Waals surface area contributed by atoms with Crippen LogP contribution in [0.1, 0.15) is 46.5 Å². The molecule has 124 valence electrons. The third-order valence-corrected chi connectivity index (χ3v) is 5.13. The van der Waals surface area contributed by atoms with Crippen LogP contribution in [0.3, 0.4) is 0 Å². The Balaban J connectivity index is 1.63. The van der Waals surface area contributed by atoms with Crippen molar-refractivity contribution in [3.63, 3.8) is 0 Å². The maximum atomic E-state index is 11.3. The third-order valence-electron chi connectivity index (χ3n) is 5.13. The Morgan fingerprint density at radius 3 is 2.32 bits per heavy atom. The number of aliphatic hydroxyl groups excluding tert-OH is 2. The van der Waals surface area contributed by atoms with Crippen LogP contribution in [-0.2, 0) is 19.0 Å². The zero-order valence-electron chi connectivity index (χ0n) is 13.3. The molecule has 6 heteroatoms. The molecule has 1 saturated heterocycles. The van der Waals surface area contributed by atoms with Crippen LogP contribution in [0.2, 0.25) is 0 Å². The van der Waals surface area contributed by atoms with E-state index in [1.165, 1.54) is 0 Å². The molecule has 2 unspecified atom stereocenters. The molecule has 6 nitrogen and oxygen atoms in total. The lowest BCUT2D eigenvalue weighted by Crippen LogP contribution is -2.40. The van der Waals surface area contributed by atoms with Crippen molar-refractivity contribution in [1.29, 1.82) is 0 Å². The second-order valence-corrected chi connectivity index (χ2v) is 7.58. The number of hydrogen-bond donors (Lipinski definition) is 2. The summed E-state index contributed by atoms with van der Waals surface area (Å²) in [5.74, 6) is -2.11. The average Bonchev–Trinajstić information content (AvgIpc) is 2.96. The Labute approximate surface area is 130 Å². The van der Waals surface area contributed by atoms with Gasteiger partial charge in [-0.05, 0) is 24.2 Å². The standard InChI is InChI=1S/C16H24O6/c1-15(2,3)9-4-6-16(7-5-9)20-8-10(22-16)13-11(17)12(18)14(19)21-13/h9-10,13,17-18H,4-8H2,1-3H3. The fourth-order valence-electron chi connectivity index (χ4n) is 3.63. The Bertz CT molecular complexity index is 495. The van der Waals surface area contributed by atoms with E-state index in [4.69, 9.17) is 14.2 Å². The normalized spacial score (nSPS) is 39.6. The molecule has 0 aromatic heterocycles.